The third-order valence-electron chi connectivity index (χ3n) is 2.51. The molecule has 1 aliphatic rings. The number of nitrogens with zero attached hydrogens (tertiary/aromatic N) is 1. The Morgan fingerprint density at radius 1 is 1.31 bits per heavy atom. The molecule has 0 atom stereocenters. The fraction of sp³-hybridized carbons (Fsp3) is 0.889. The maximum absolute atomic E-state index is 12.7. The summed E-state index contributed by atoms with van der Waals surface area (Å²) in [5.74, 6) is -2.74. The number of hydrogen-bond donors (Lipinski definition) is 0. The Kier molecular flexibility index (Phi) is 2.88. The summed E-state index contributed by atoms with van der Waals surface area (Å²) in [7, 11) is 3.32. The number of hydrogen-bond acceptors (Lipinski definition) is 1. The summed E-state index contributed by atoms with van der Waals surface area (Å²) in [6.07, 6.45) is 0.364. The first-order chi connectivity index (χ1) is 5.92. The molecule has 1 rings (SSSR count). The topological polar surface area (TPSA) is 20.3 Å². The lowest BCUT2D eigenvalue weighted by Gasteiger charge is -2.28. The summed E-state index contributed by atoms with van der Waals surface area (Å²) in [6, 6.07) is 0. The standard InChI is InChI=1S/C9H15F2NO/c1-12(2)8(13)7-3-5-9(10,11)6-4-7/h7H,3-6H2,1-2H3. The molecule has 1 saturated carbocycles. The molecule has 13 heavy (non-hydrogen) atoms. The first-order valence-electron chi connectivity index (χ1n) is 4.51. The molecule has 0 unspecified atom stereocenters. The van der Waals surface area contributed by atoms with Crippen molar-refractivity contribution in [2.45, 2.75) is 31.6 Å². The normalized spacial score (nSPS) is 22.8. The highest BCUT2D eigenvalue weighted by Gasteiger charge is 2.37. The van der Waals surface area contributed by atoms with Crippen LogP contribution in [0.5, 0.6) is 0 Å². The van der Waals surface area contributed by atoms with Gasteiger partial charge in [0.15, 0.2) is 0 Å². The largest absolute Gasteiger partial charge is 0.349 e. The van der Waals surface area contributed by atoms with E-state index in [2.05, 4.69) is 0 Å². The first kappa shape index (κ1) is 10.4. The molecule has 0 heterocycles. The highest BCUT2D eigenvalue weighted by molar-refractivity contribution is 5.78. The van der Waals surface area contributed by atoms with Gasteiger partial charge in [0.25, 0.3) is 0 Å². The van der Waals surface area contributed by atoms with Crippen LogP contribution in [-0.2, 0) is 4.79 Å². The van der Waals surface area contributed by atoms with Crippen molar-refractivity contribution in [2.75, 3.05) is 14.1 Å². The van der Waals surface area contributed by atoms with Crippen molar-refractivity contribution in [1.29, 1.82) is 0 Å². The van der Waals surface area contributed by atoms with Crippen molar-refractivity contribution < 1.29 is 13.6 Å². The Labute approximate surface area is 76.9 Å². The second kappa shape index (κ2) is 3.60. The summed E-state index contributed by atoms with van der Waals surface area (Å²) >= 11 is 0. The number of rotatable bonds is 1. The van der Waals surface area contributed by atoms with Gasteiger partial charge in [-0.1, -0.05) is 0 Å². The minimum atomic E-state index is -2.54. The maximum atomic E-state index is 12.7. The van der Waals surface area contributed by atoms with Crippen LogP contribution in [0.25, 0.3) is 0 Å². The number of carbonyl (C=O) groups is 1. The smallest absolute Gasteiger partial charge is 0.248 e. The van der Waals surface area contributed by atoms with Gasteiger partial charge in [-0.15, -0.1) is 0 Å². The van der Waals surface area contributed by atoms with Crippen LogP contribution >= 0.6 is 0 Å². The zero-order valence-electron chi connectivity index (χ0n) is 8.02. The second-order valence-electron chi connectivity index (χ2n) is 3.86. The van der Waals surface area contributed by atoms with E-state index in [1.54, 1.807) is 14.1 Å². The molecule has 0 aromatic rings. The highest BCUT2D eigenvalue weighted by Crippen LogP contribution is 2.36. The van der Waals surface area contributed by atoms with Crippen LogP contribution in [0.3, 0.4) is 0 Å². The fourth-order valence-corrected chi connectivity index (χ4v) is 1.65. The van der Waals surface area contributed by atoms with Crippen LogP contribution in [0, 0.1) is 5.92 Å². The second-order valence-corrected chi connectivity index (χ2v) is 3.86. The van der Waals surface area contributed by atoms with Crippen molar-refractivity contribution in [3.63, 3.8) is 0 Å². The highest BCUT2D eigenvalue weighted by atomic mass is 19.3. The lowest BCUT2D eigenvalue weighted by molar-refractivity contribution is -0.137. The van der Waals surface area contributed by atoms with Gasteiger partial charge in [-0.2, -0.15) is 0 Å². The van der Waals surface area contributed by atoms with E-state index in [9.17, 15) is 13.6 Å². The SMILES string of the molecule is CN(C)C(=O)C1CCC(F)(F)CC1. The maximum Gasteiger partial charge on any atom is 0.248 e. The molecule has 4 heteroatoms. The summed E-state index contributed by atoms with van der Waals surface area (Å²) in [4.78, 5) is 12.9. The van der Waals surface area contributed by atoms with Crippen molar-refractivity contribution in [2.24, 2.45) is 5.92 Å². The lowest BCUT2D eigenvalue weighted by atomic mass is 9.86. The van der Waals surface area contributed by atoms with Crippen molar-refractivity contribution in [3.8, 4) is 0 Å². The van der Waals surface area contributed by atoms with E-state index in [0.717, 1.165) is 0 Å². The summed E-state index contributed by atoms with van der Waals surface area (Å²) in [6.45, 7) is 0. The molecular formula is C9H15F2NO. The van der Waals surface area contributed by atoms with Crippen LogP contribution in [0.2, 0.25) is 0 Å². The Morgan fingerprint density at radius 3 is 2.15 bits per heavy atom. The molecule has 0 aliphatic heterocycles. The van der Waals surface area contributed by atoms with E-state index >= 15 is 0 Å². The van der Waals surface area contributed by atoms with E-state index in [-0.39, 0.29) is 24.7 Å². The van der Waals surface area contributed by atoms with Gasteiger partial charge in [0, 0.05) is 32.9 Å². The van der Waals surface area contributed by atoms with Crippen molar-refractivity contribution in [1.82, 2.24) is 4.90 Å². The monoisotopic (exact) mass is 191 g/mol. The van der Waals surface area contributed by atoms with E-state index in [1.165, 1.54) is 4.90 Å². The van der Waals surface area contributed by atoms with Crippen LogP contribution < -0.4 is 0 Å². The van der Waals surface area contributed by atoms with Gasteiger partial charge in [0.05, 0.1) is 0 Å². The molecule has 0 N–H and O–H groups in total. The predicted molar refractivity (Wildman–Crippen MR) is 45.6 cm³/mol. The van der Waals surface area contributed by atoms with E-state index in [1.807, 2.05) is 0 Å². The van der Waals surface area contributed by atoms with Crippen LogP contribution in [0.15, 0.2) is 0 Å². The lowest BCUT2D eigenvalue weighted by Crippen LogP contribution is -2.35. The van der Waals surface area contributed by atoms with E-state index < -0.39 is 5.92 Å². The van der Waals surface area contributed by atoms with Crippen LogP contribution in [0.4, 0.5) is 8.78 Å². The van der Waals surface area contributed by atoms with Crippen molar-refractivity contribution in [3.05, 3.63) is 0 Å². The molecule has 2 nitrogen and oxygen atoms in total. The molecule has 0 aromatic heterocycles. The van der Waals surface area contributed by atoms with Gasteiger partial charge in [-0.3, -0.25) is 4.79 Å². The van der Waals surface area contributed by atoms with Gasteiger partial charge in [0.1, 0.15) is 0 Å². The predicted octanol–water partition coefficient (Wildman–Crippen LogP) is 1.90. The minimum Gasteiger partial charge on any atom is -0.349 e. The van der Waals surface area contributed by atoms with Crippen LogP contribution in [-0.4, -0.2) is 30.8 Å². The zero-order valence-corrected chi connectivity index (χ0v) is 8.02. The average molecular weight is 191 g/mol. The van der Waals surface area contributed by atoms with Gasteiger partial charge in [-0.05, 0) is 12.8 Å². The van der Waals surface area contributed by atoms with E-state index in [4.69, 9.17) is 0 Å². The number of carbonyl (C=O) groups excluding carboxylic acids is 1. The molecule has 0 spiro atoms. The quantitative estimate of drug-likeness (QED) is 0.620. The molecule has 1 aliphatic carbocycles. The van der Waals surface area contributed by atoms with Gasteiger partial charge in [0.2, 0.25) is 11.8 Å². The summed E-state index contributed by atoms with van der Waals surface area (Å²) in [5, 5.41) is 0. The Morgan fingerprint density at radius 2 is 1.77 bits per heavy atom. The molecule has 0 bridgehead atoms. The summed E-state index contributed by atoms with van der Waals surface area (Å²) < 4.78 is 25.4. The first-order valence-corrected chi connectivity index (χ1v) is 4.51. The fourth-order valence-electron chi connectivity index (χ4n) is 1.65. The molecule has 76 valence electrons. The van der Waals surface area contributed by atoms with Gasteiger partial charge >= 0.3 is 0 Å². The number of alkyl halides is 2. The third kappa shape index (κ3) is 2.64. The molecule has 1 fully saturated rings. The molecule has 0 radical (unpaired) electrons. The number of halogens is 2. The number of amides is 1. The molecule has 0 saturated heterocycles. The minimum absolute atomic E-state index is 0.0181. The van der Waals surface area contributed by atoms with Gasteiger partial charge in [-0.25, -0.2) is 8.78 Å². The Hall–Kier alpha value is -0.670. The average Bonchev–Trinajstić information content (AvgIpc) is 2.03. The summed E-state index contributed by atoms with van der Waals surface area (Å²) in [5.41, 5.74) is 0. The van der Waals surface area contributed by atoms with Crippen LogP contribution in [0.1, 0.15) is 25.7 Å². The Bertz CT molecular complexity index is 194. The van der Waals surface area contributed by atoms with E-state index in [0.29, 0.717) is 12.8 Å². The zero-order chi connectivity index (χ0) is 10.1. The third-order valence-corrected chi connectivity index (χ3v) is 2.51. The Balaban J connectivity index is 2.46. The van der Waals surface area contributed by atoms with Gasteiger partial charge < -0.3 is 4.90 Å². The van der Waals surface area contributed by atoms with Crippen molar-refractivity contribution >= 4 is 5.91 Å². The molecule has 0 aromatic carbocycles. The molecule has 1 amide bonds. The molecular weight excluding hydrogens is 176 g/mol.